The van der Waals surface area contributed by atoms with Gasteiger partial charge in [0.25, 0.3) is 0 Å². The van der Waals surface area contributed by atoms with Crippen LogP contribution in [0.15, 0.2) is 11.8 Å². The van der Waals surface area contributed by atoms with Crippen molar-refractivity contribution in [3.63, 3.8) is 0 Å². The summed E-state index contributed by atoms with van der Waals surface area (Å²) in [4.78, 5) is 14.4. The lowest BCUT2D eigenvalue weighted by Gasteiger charge is -2.60. The maximum atomic E-state index is 12.4. The number of unbranched alkanes of at least 4 members (excludes halogenated alkanes) is 1. The summed E-state index contributed by atoms with van der Waals surface area (Å²) in [5.41, 5.74) is 2.11. The third-order valence-corrected chi connectivity index (χ3v) is 10.1. The molecule has 2 saturated carbocycles. The number of amides is 1. The molecule has 1 aliphatic heterocycles. The highest BCUT2D eigenvalue weighted by Crippen LogP contribution is 2.68. The lowest BCUT2D eigenvalue weighted by molar-refractivity contribution is -0.137. The van der Waals surface area contributed by atoms with Crippen LogP contribution in [0.25, 0.3) is 0 Å². The Labute approximate surface area is 173 Å². The van der Waals surface area contributed by atoms with Crippen LogP contribution in [-0.4, -0.2) is 17.9 Å². The van der Waals surface area contributed by atoms with Gasteiger partial charge in [0.2, 0.25) is 5.91 Å². The van der Waals surface area contributed by atoms with Crippen LogP contribution in [0.1, 0.15) is 92.4 Å². The average Bonchev–Trinajstić information content (AvgIpc) is 3.02. The van der Waals surface area contributed by atoms with E-state index in [-0.39, 0.29) is 5.41 Å². The van der Waals surface area contributed by atoms with Gasteiger partial charge >= 0.3 is 0 Å². The molecule has 3 aliphatic carbocycles. The average molecular weight is 386 g/mol. The van der Waals surface area contributed by atoms with Crippen LogP contribution in [0.3, 0.4) is 0 Å². The largest absolute Gasteiger partial charge is 0.319 e. The quantitative estimate of drug-likeness (QED) is 0.529. The van der Waals surface area contributed by atoms with Crippen LogP contribution in [0.5, 0.6) is 0 Å². The summed E-state index contributed by atoms with van der Waals surface area (Å²) in [6, 6.07) is 0. The molecular formula is C26H43NO. The van der Waals surface area contributed by atoms with E-state index in [0.717, 1.165) is 42.4 Å². The van der Waals surface area contributed by atoms with Crippen LogP contribution in [-0.2, 0) is 4.79 Å². The van der Waals surface area contributed by atoms with Gasteiger partial charge in [0, 0.05) is 24.6 Å². The van der Waals surface area contributed by atoms with E-state index in [1.165, 1.54) is 50.6 Å². The topological polar surface area (TPSA) is 20.3 Å². The van der Waals surface area contributed by atoms with E-state index >= 15 is 0 Å². The normalized spacial score (nSPS) is 46.5. The Morgan fingerprint density at radius 1 is 1.18 bits per heavy atom. The van der Waals surface area contributed by atoms with E-state index in [0.29, 0.717) is 17.2 Å². The summed E-state index contributed by atoms with van der Waals surface area (Å²) >= 11 is 0. The molecular weight excluding hydrogens is 342 g/mol. The van der Waals surface area contributed by atoms with E-state index in [9.17, 15) is 4.79 Å². The summed E-state index contributed by atoms with van der Waals surface area (Å²) in [6.07, 6.45) is 14.1. The lowest BCUT2D eigenvalue weighted by Crippen LogP contribution is -2.55. The molecule has 4 rings (SSSR count). The molecule has 2 nitrogen and oxygen atoms in total. The molecule has 8 atom stereocenters. The minimum atomic E-state index is 0.215. The third kappa shape index (κ3) is 2.83. The predicted molar refractivity (Wildman–Crippen MR) is 117 cm³/mol. The first-order valence-electron chi connectivity index (χ1n) is 12.2. The molecule has 0 bridgehead atoms. The fourth-order valence-electron chi connectivity index (χ4n) is 8.59. The number of likely N-dealkylation sites (tertiary alicyclic amines) is 1. The van der Waals surface area contributed by atoms with Gasteiger partial charge in [0.05, 0.1) is 0 Å². The van der Waals surface area contributed by atoms with Crippen LogP contribution in [0.4, 0.5) is 0 Å². The van der Waals surface area contributed by atoms with Crippen molar-refractivity contribution in [2.45, 2.75) is 92.4 Å². The fraction of sp³-hybridized carbons (Fsp3) is 0.885. The van der Waals surface area contributed by atoms with Gasteiger partial charge in [0.1, 0.15) is 0 Å². The van der Waals surface area contributed by atoms with Crippen LogP contribution >= 0.6 is 0 Å². The van der Waals surface area contributed by atoms with E-state index < -0.39 is 0 Å². The van der Waals surface area contributed by atoms with Crippen molar-refractivity contribution in [3.8, 4) is 0 Å². The number of nitrogens with zero attached hydrogens (tertiary/aromatic N) is 1. The Hall–Kier alpha value is -0.790. The Morgan fingerprint density at radius 2 is 1.93 bits per heavy atom. The van der Waals surface area contributed by atoms with Gasteiger partial charge in [-0.3, -0.25) is 4.79 Å². The number of rotatable bonds is 4. The van der Waals surface area contributed by atoms with Crippen molar-refractivity contribution >= 4 is 5.91 Å². The number of carbonyl (C=O) groups is 1. The van der Waals surface area contributed by atoms with Crippen LogP contribution in [0, 0.1) is 46.3 Å². The molecule has 1 heterocycles. The zero-order valence-electron chi connectivity index (χ0n) is 19.3. The minimum absolute atomic E-state index is 0.215. The Kier molecular flexibility index (Phi) is 5.24. The lowest BCUT2D eigenvalue weighted by atomic mass is 9.46. The number of carbonyl (C=O) groups excluding carboxylic acids is 1. The Morgan fingerprint density at radius 3 is 2.64 bits per heavy atom. The second-order valence-electron chi connectivity index (χ2n) is 11.4. The maximum absolute atomic E-state index is 12.4. The second-order valence-corrected chi connectivity index (χ2v) is 11.4. The molecule has 0 radical (unpaired) electrons. The smallest absolute Gasteiger partial charge is 0.226 e. The summed E-state index contributed by atoms with van der Waals surface area (Å²) in [6.45, 7) is 12.5. The van der Waals surface area contributed by atoms with Gasteiger partial charge < -0.3 is 4.90 Å². The molecule has 0 N–H and O–H groups in total. The summed E-state index contributed by atoms with van der Waals surface area (Å²) in [5, 5.41) is 0. The fourth-order valence-corrected chi connectivity index (χ4v) is 8.59. The maximum Gasteiger partial charge on any atom is 0.226 e. The Balaban J connectivity index is 1.64. The van der Waals surface area contributed by atoms with E-state index in [2.05, 4.69) is 40.7 Å². The Bertz CT molecular complexity index is 653. The first kappa shape index (κ1) is 20.5. The number of piperidine rings is 1. The molecule has 1 saturated heterocycles. The standard InChI is InChI=1S/C26H43NO/c1-7-8-9-17(2)19-10-11-20-24-18(3)16-22-26(5,15-13-23(28)27(22)6)21(24)12-14-25(19,20)4/h16-21,24H,7-15H2,1-6H3/t17?,18?,19?,20?,21?,24?,25-,26-/m1/s1. The van der Waals surface area contributed by atoms with Crippen molar-refractivity contribution in [3.05, 3.63) is 11.8 Å². The van der Waals surface area contributed by atoms with Crippen LogP contribution < -0.4 is 0 Å². The van der Waals surface area contributed by atoms with Gasteiger partial charge in [-0.1, -0.05) is 60.0 Å². The zero-order chi connectivity index (χ0) is 20.3. The molecule has 3 fully saturated rings. The minimum Gasteiger partial charge on any atom is -0.319 e. The van der Waals surface area contributed by atoms with Crippen molar-refractivity contribution in [2.24, 2.45) is 46.3 Å². The van der Waals surface area contributed by atoms with E-state index in [4.69, 9.17) is 0 Å². The number of hydrogen-bond acceptors (Lipinski definition) is 1. The van der Waals surface area contributed by atoms with E-state index in [1.54, 1.807) is 0 Å². The van der Waals surface area contributed by atoms with Crippen molar-refractivity contribution in [1.29, 1.82) is 0 Å². The first-order valence-corrected chi connectivity index (χ1v) is 12.2. The molecule has 0 aromatic carbocycles. The monoisotopic (exact) mass is 385 g/mol. The van der Waals surface area contributed by atoms with Gasteiger partial charge in [-0.05, 0) is 73.0 Å². The number of hydrogen-bond donors (Lipinski definition) is 0. The molecule has 28 heavy (non-hydrogen) atoms. The van der Waals surface area contributed by atoms with Gasteiger partial charge in [-0.25, -0.2) is 0 Å². The van der Waals surface area contributed by atoms with Gasteiger partial charge in [0.15, 0.2) is 0 Å². The number of allylic oxidation sites excluding steroid dienone is 2. The SMILES string of the molecule is CCCCC(C)C1CCC2C3C(C)C=C4N(C)C(=O)CC[C@]4(C)C3CC[C@]12C. The number of fused-ring (bicyclic) bond motifs is 5. The van der Waals surface area contributed by atoms with Crippen molar-refractivity contribution < 1.29 is 4.79 Å². The molecule has 6 unspecified atom stereocenters. The second kappa shape index (κ2) is 7.17. The van der Waals surface area contributed by atoms with Crippen molar-refractivity contribution in [2.75, 3.05) is 7.05 Å². The highest BCUT2D eigenvalue weighted by Gasteiger charge is 2.61. The predicted octanol–water partition coefficient (Wildman–Crippen LogP) is 6.66. The molecule has 1 amide bonds. The molecule has 0 spiro atoms. The summed E-state index contributed by atoms with van der Waals surface area (Å²) in [7, 11) is 2.02. The highest BCUT2D eigenvalue weighted by atomic mass is 16.2. The highest BCUT2D eigenvalue weighted by molar-refractivity contribution is 5.79. The first-order chi connectivity index (χ1) is 13.2. The van der Waals surface area contributed by atoms with Crippen LogP contribution in [0.2, 0.25) is 0 Å². The third-order valence-electron chi connectivity index (χ3n) is 10.1. The summed E-state index contributed by atoms with van der Waals surface area (Å²) in [5.74, 6) is 5.19. The van der Waals surface area contributed by atoms with E-state index in [1.807, 2.05) is 11.9 Å². The van der Waals surface area contributed by atoms with Gasteiger partial charge in [-0.2, -0.15) is 0 Å². The van der Waals surface area contributed by atoms with Gasteiger partial charge in [-0.15, -0.1) is 0 Å². The zero-order valence-corrected chi connectivity index (χ0v) is 19.3. The molecule has 158 valence electrons. The van der Waals surface area contributed by atoms with Crippen molar-refractivity contribution in [1.82, 2.24) is 4.90 Å². The summed E-state index contributed by atoms with van der Waals surface area (Å²) < 4.78 is 0. The molecule has 4 aliphatic rings. The molecule has 2 heteroatoms. The molecule has 0 aromatic rings. The molecule has 0 aromatic heterocycles.